The van der Waals surface area contributed by atoms with E-state index in [0.29, 0.717) is 0 Å². The van der Waals surface area contributed by atoms with Crippen LogP contribution in [0.15, 0.2) is 24.3 Å². The van der Waals surface area contributed by atoms with Crippen molar-refractivity contribution in [2.75, 3.05) is 0 Å². The van der Waals surface area contributed by atoms with Gasteiger partial charge in [-0.05, 0) is 12.0 Å². The number of benzene rings is 1. The van der Waals surface area contributed by atoms with Crippen LogP contribution in [0, 0.1) is 0 Å². The highest BCUT2D eigenvalue weighted by Gasteiger charge is 2.28. The minimum Gasteiger partial charge on any atom is -0.0675 e. The minimum absolute atomic E-state index is 1.13. The van der Waals surface area contributed by atoms with E-state index in [1.807, 2.05) is 0 Å². The van der Waals surface area contributed by atoms with Crippen molar-refractivity contribution >= 4 is 13.3 Å². The van der Waals surface area contributed by atoms with Gasteiger partial charge < -0.3 is 0 Å². The molecule has 0 nitrogen and oxygen atoms in total. The van der Waals surface area contributed by atoms with Gasteiger partial charge in [-0.3, -0.25) is 0 Å². The first kappa shape index (κ1) is 12.5. The van der Waals surface area contributed by atoms with Gasteiger partial charge in [-0.1, -0.05) is 75.3 Å². The van der Waals surface area contributed by atoms with E-state index in [1.54, 1.807) is 5.19 Å². The summed E-state index contributed by atoms with van der Waals surface area (Å²) in [6, 6.07) is 13.6. The van der Waals surface area contributed by atoms with Gasteiger partial charge in [0, 0.05) is 0 Å². The van der Waals surface area contributed by atoms with Crippen molar-refractivity contribution in [3.8, 4) is 0 Å². The summed E-state index contributed by atoms with van der Waals surface area (Å²) in [6.45, 7) is 9.33. The lowest BCUT2D eigenvalue weighted by atomic mass is 10.2. The largest absolute Gasteiger partial charge is 0.0859 e. The molecular formula is C14H24Si. The molecule has 0 saturated heterocycles. The quantitative estimate of drug-likeness (QED) is 0.659. The highest BCUT2D eigenvalue weighted by atomic mass is 28.3. The van der Waals surface area contributed by atoms with Gasteiger partial charge in [0.2, 0.25) is 0 Å². The molecule has 0 heterocycles. The molecule has 0 N–H and O–H groups in total. The molecule has 0 fully saturated rings. The Morgan fingerprint density at radius 3 is 1.60 bits per heavy atom. The molecule has 84 valence electrons. The van der Waals surface area contributed by atoms with E-state index in [2.05, 4.69) is 52.0 Å². The van der Waals surface area contributed by atoms with Crippen LogP contribution in [0.25, 0.3) is 0 Å². The highest BCUT2D eigenvalue weighted by Crippen LogP contribution is 2.20. The predicted octanol–water partition coefficient (Wildman–Crippen LogP) is 3.96. The molecule has 0 aliphatic carbocycles. The summed E-state index contributed by atoms with van der Waals surface area (Å²) in [7, 11) is -1.13. The summed E-state index contributed by atoms with van der Waals surface area (Å²) in [5.74, 6) is 0. The van der Waals surface area contributed by atoms with Crippen LogP contribution >= 0.6 is 0 Å². The lowest BCUT2D eigenvalue weighted by Crippen LogP contribution is -2.45. The lowest BCUT2D eigenvalue weighted by Gasteiger charge is -2.28. The Bertz CT molecular complexity index is 274. The molecule has 0 bridgehead atoms. The van der Waals surface area contributed by atoms with Gasteiger partial charge in [0.25, 0.3) is 0 Å². The molecule has 1 aromatic carbocycles. The van der Waals surface area contributed by atoms with Gasteiger partial charge in [0.1, 0.15) is 0 Å². The van der Waals surface area contributed by atoms with Crippen LogP contribution in [0.4, 0.5) is 0 Å². The smallest absolute Gasteiger partial charge is 0.0675 e. The maximum absolute atomic E-state index is 2.39. The first-order valence-electron chi connectivity index (χ1n) is 6.31. The van der Waals surface area contributed by atoms with E-state index >= 15 is 0 Å². The molecule has 0 unspecified atom stereocenters. The molecule has 0 radical (unpaired) electrons. The maximum Gasteiger partial charge on any atom is 0.0859 e. The summed E-state index contributed by atoms with van der Waals surface area (Å²) in [4.78, 5) is 0. The predicted molar refractivity (Wildman–Crippen MR) is 72.7 cm³/mol. The topological polar surface area (TPSA) is 0 Å². The zero-order valence-electron chi connectivity index (χ0n) is 10.6. The number of hydrogen-bond acceptors (Lipinski definition) is 0. The summed E-state index contributed by atoms with van der Waals surface area (Å²) in [6.07, 6.45) is 1.15. The minimum atomic E-state index is -1.13. The van der Waals surface area contributed by atoms with Gasteiger partial charge in [0.15, 0.2) is 0 Å². The normalized spacial score (nSPS) is 11.7. The van der Waals surface area contributed by atoms with Crippen molar-refractivity contribution in [2.45, 2.75) is 52.2 Å². The fourth-order valence-electron chi connectivity index (χ4n) is 2.46. The van der Waals surface area contributed by atoms with E-state index in [-0.39, 0.29) is 0 Å². The van der Waals surface area contributed by atoms with Crippen molar-refractivity contribution < 1.29 is 0 Å². The van der Waals surface area contributed by atoms with Crippen molar-refractivity contribution in [3.63, 3.8) is 0 Å². The van der Waals surface area contributed by atoms with Gasteiger partial charge in [-0.25, -0.2) is 0 Å². The number of aryl methyl sites for hydroxylation is 1. The van der Waals surface area contributed by atoms with Crippen LogP contribution in [-0.4, -0.2) is 8.07 Å². The van der Waals surface area contributed by atoms with E-state index < -0.39 is 8.07 Å². The maximum atomic E-state index is 2.39. The molecule has 1 rings (SSSR count). The van der Waals surface area contributed by atoms with Crippen LogP contribution in [0.3, 0.4) is 0 Å². The van der Waals surface area contributed by atoms with Gasteiger partial charge in [-0.2, -0.15) is 0 Å². The molecule has 0 aliphatic rings. The first-order chi connectivity index (χ1) is 7.22. The SMILES string of the molecule is CCc1ccc([Si](CC)(CC)CC)cc1. The lowest BCUT2D eigenvalue weighted by molar-refractivity contribution is 1.14. The van der Waals surface area contributed by atoms with Gasteiger partial charge >= 0.3 is 0 Å². The Balaban J connectivity index is 3.01. The number of rotatable bonds is 5. The highest BCUT2D eigenvalue weighted by molar-refractivity contribution is 6.91. The third-order valence-corrected chi connectivity index (χ3v) is 9.62. The fourth-order valence-corrected chi connectivity index (χ4v) is 6.05. The van der Waals surface area contributed by atoms with Crippen LogP contribution in [0.5, 0.6) is 0 Å². The van der Waals surface area contributed by atoms with Crippen molar-refractivity contribution in [1.82, 2.24) is 0 Å². The van der Waals surface area contributed by atoms with E-state index in [0.717, 1.165) is 6.42 Å². The molecular weight excluding hydrogens is 196 g/mol. The monoisotopic (exact) mass is 220 g/mol. The summed E-state index contributed by atoms with van der Waals surface area (Å²) in [5.41, 5.74) is 1.46. The van der Waals surface area contributed by atoms with Crippen LogP contribution in [-0.2, 0) is 6.42 Å². The molecule has 0 spiro atoms. The third kappa shape index (κ3) is 2.51. The summed E-state index contributed by atoms with van der Waals surface area (Å²) >= 11 is 0. The molecule has 0 amide bonds. The molecule has 0 saturated carbocycles. The molecule has 0 atom stereocenters. The molecule has 0 aliphatic heterocycles. The molecule has 0 aromatic heterocycles. The standard InChI is InChI=1S/C14H24Si/c1-5-13-9-11-14(12-10-13)15(6-2,7-3)8-4/h9-12H,5-8H2,1-4H3. The van der Waals surface area contributed by atoms with Gasteiger partial charge in [0.05, 0.1) is 8.07 Å². The van der Waals surface area contributed by atoms with Crippen molar-refractivity contribution in [1.29, 1.82) is 0 Å². The average molecular weight is 220 g/mol. The fraction of sp³-hybridized carbons (Fsp3) is 0.571. The Morgan fingerprint density at radius 2 is 1.27 bits per heavy atom. The Morgan fingerprint density at radius 1 is 0.800 bits per heavy atom. The van der Waals surface area contributed by atoms with Crippen LogP contribution < -0.4 is 5.19 Å². The number of hydrogen-bond donors (Lipinski definition) is 0. The Kier molecular flexibility index (Phi) is 4.59. The first-order valence-corrected chi connectivity index (χ1v) is 8.94. The zero-order valence-corrected chi connectivity index (χ0v) is 11.6. The second-order valence-corrected chi connectivity index (χ2v) is 9.65. The zero-order chi connectivity index (χ0) is 11.3. The van der Waals surface area contributed by atoms with Crippen molar-refractivity contribution in [3.05, 3.63) is 29.8 Å². The Labute approximate surface area is 95.7 Å². The molecule has 1 heteroatoms. The second-order valence-electron chi connectivity index (χ2n) is 4.39. The second kappa shape index (κ2) is 5.50. The summed E-state index contributed by atoms with van der Waals surface area (Å²) in [5, 5.41) is 1.66. The van der Waals surface area contributed by atoms with E-state index in [9.17, 15) is 0 Å². The molecule has 1 aromatic rings. The third-order valence-electron chi connectivity index (χ3n) is 4.00. The Hall–Kier alpha value is -0.563. The van der Waals surface area contributed by atoms with E-state index in [4.69, 9.17) is 0 Å². The molecule has 15 heavy (non-hydrogen) atoms. The summed E-state index contributed by atoms with van der Waals surface area (Å²) < 4.78 is 0. The van der Waals surface area contributed by atoms with Crippen LogP contribution in [0.1, 0.15) is 33.3 Å². The van der Waals surface area contributed by atoms with E-state index in [1.165, 1.54) is 23.7 Å². The van der Waals surface area contributed by atoms with Crippen molar-refractivity contribution in [2.24, 2.45) is 0 Å². The van der Waals surface area contributed by atoms with Gasteiger partial charge in [-0.15, -0.1) is 0 Å². The van der Waals surface area contributed by atoms with Crippen LogP contribution in [0.2, 0.25) is 18.1 Å². The average Bonchev–Trinajstić information content (AvgIpc) is 2.33.